The number of carbonyl (C=O) groups excluding carboxylic acids is 1. The summed E-state index contributed by atoms with van der Waals surface area (Å²) in [5.41, 5.74) is 0. The van der Waals surface area contributed by atoms with Crippen LogP contribution in [0.3, 0.4) is 0 Å². The molecule has 0 amide bonds. The number of nitrogens with one attached hydrogen (secondary N) is 1. The molecule has 0 spiro atoms. The first kappa shape index (κ1) is 19.7. The Morgan fingerprint density at radius 2 is 1.91 bits per heavy atom. The topological polar surface area (TPSA) is 43.2 Å². The molecular formula is C16H24ClFN2O3. The third-order valence-corrected chi connectivity index (χ3v) is 3.77. The zero-order valence-corrected chi connectivity index (χ0v) is 14.3. The van der Waals surface area contributed by atoms with E-state index in [0.717, 1.165) is 32.7 Å². The molecule has 0 radical (unpaired) electrons. The van der Waals surface area contributed by atoms with Crippen LogP contribution in [0.2, 0.25) is 0 Å². The second kappa shape index (κ2) is 9.70. The van der Waals surface area contributed by atoms with Crippen LogP contribution in [0, 0.1) is 5.82 Å². The lowest BCUT2D eigenvalue weighted by atomic mass is 10.3. The van der Waals surface area contributed by atoms with Gasteiger partial charge in [0.15, 0.2) is 6.61 Å². The maximum Gasteiger partial charge on any atom is 0.344 e. The number of ether oxygens (including phenoxy) is 2. The number of carbonyl (C=O) groups is 1. The van der Waals surface area contributed by atoms with Crippen LogP contribution >= 0.6 is 0 Å². The number of piperazine rings is 1. The zero-order chi connectivity index (χ0) is 15.9. The number of nitrogens with zero attached hydrogens (tertiary/aromatic N) is 1. The Morgan fingerprint density at radius 3 is 2.52 bits per heavy atom. The first-order valence-electron chi connectivity index (χ1n) is 7.63. The van der Waals surface area contributed by atoms with Gasteiger partial charge in [0.25, 0.3) is 0 Å². The third-order valence-electron chi connectivity index (χ3n) is 3.77. The maximum atomic E-state index is 12.8. The minimum absolute atomic E-state index is 0. The van der Waals surface area contributed by atoms with Gasteiger partial charge in [-0.05, 0) is 38.2 Å². The second-order valence-electron chi connectivity index (χ2n) is 5.80. The quantitative estimate of drug-likeness (QED) is 0.557. The predicted molar refractivity (Wildman–Crippen MR) is 80.5 cm³/mol. The van der Waals surface area contributed by atoms with Crippen molar-refractivity contribution in [3.63, 3.8) is 0 Å². The van der Waals surface area contributed by atoms with Gasteiger partial charge in [-0.2, -0.15) is 0 Å². The van der Waals surface area contributed by atoms with Crippen molar-refractivity contribution in [1.29, 1.82) is 0 Å². The van der Waals surface area contributed by atoms with Gasteiger partial charge in [-0.3, -0.25) is 4.90 Å². The Balaban J connectivity index is 0.00000264. The van der Waals surface area contributed by atoms with E-state index < -0.39 is 5.97 Å². The Morgan fingerprint density at radius 1 is 1.30 bits per heavy atom. The van der Waals surface area contributed by atoms with E-state index in [0.29, 0.717) is 5.75 Å². The van der Waals surface area contributed by atoms with Crippen LogP contribution in [0.5, 0.6) is 5.75 Å². The van der Waals surface area contributed by atoms with Gasteiger partial charge in [0.05, 0.1) is 13.1 Å². The number of esters is 1. The maximum absolute atomic E-state index is 12.8. The zero-order valence-electron chi connectivity index (χ0n) is 13.6. The molecule has 0 aliphatic carbocycles. The van der Waals surface area contributed by atoms with Gasteiger partial charge >= 0.3 is 5.97 Å². The van der Waals surface area contributed by atoms with E-state index in [1.54, 1.807) is 0 Å². The lowest BCUT2D eigenvalue weighted by Crippen LogP contribution is -3.15. The molecule has 0 saturated carbocycles. The molecule has 5 nitrogen and oxygen atoms in total. The van der Waals surface area contributed by atoms with Crippen LogP contribution in [0.15, 0.2) is 24.3 Å². The minimum atomic E-state index is -0.398. The van der Waals surface area contributed by atoms with Crippen LogP contribution in [0.4, 0.5) is 4.39 Å². The van der Waals surface area contributed by atoms with Crippen LogP contribution < -0.4 is 22.0 Å². The monoisotopic (exact) mass is 346 g/mol. The van der Waals surface area contributed by atoms with E-state index in [1.165, 1.54) is 29.2 Å². The normalized spacial score (nSPS) is 17.2. The largest absolute Gasteiger partial charge is 1.00 e. The summed E-state index contributed by atoms with van der Waals surface area (Å²) in [6.07, 6.45) is -0.136. The van der Waals surface area contributed by atoms with Gasteiger partial charge in [-0.25, -0.2) is 9.18 Å². The second-order valence-corrected chi connectivity index (χ2v) is 5.80. The van der Waals surface area contributed by atoms with Crippen LogP contribution in [0.25, 0.3) is 0 Å². The summed E-state index contributed by atoms with van der Waals surface area (Å²) >= 11 is 0. The molecular weight excluding hydrogens is 323 g/mol. The van der Waals surface area contributed by atoms with E-state index in [2.05, 4.69) is 11.9 Å². The van der Waals surface area contributed by atoms with Crippen LogP contribution in [-0.2, 0) is 9.53 Å². The van der Waals surface area contributed by atoms with Crippen molar-refractivity contribution in [2.24, 2.45) is 0 Å². The predicted octanol–water partition coefficient (Wildman–Crippen LogP) is -3.03. The van der Waals surface area contributed by atoms with E-state index in [4.69, 9.17) is 9.47 Å². The lowest BCUT2D eigenvalue weighted by Gasteiger charge is -2.30. The summed E-state index contributed by atoms with van der Waals surface area (Å²) in [6.45, 7) is 6.85. The van der Waals surface area contributed by atoms with Crippen molar-refractivity contribution in [3.8, 4) is 5.75 Å². The van der Waals surface area contributed by atoms with Crippen molar-refractivity contribution < 1.29 is 36.0 Å². The molecule has 1 atom stereocenters. The van der Waals surface area contributed by atoms with Crippen molar-refractivity contribution in [1.82, 2.24) is 4.90 Å². The van der Waals surface area contributed by atoms with Crippen molar-refractivity contribution in [2.45, 2.75) is 13.0 Å². The van der Waals surface area contributed by atoms with E-state index >= 15 is 0 Å². The van der Waals surface area contributed by atoms with Gasteiger partial charge < -0.3 is 26.8 Å². The SMILES string of the molecule is CC(C[NH+]1CCN(C)CC1)OC(=O)COc1ccc(F)cc1.[Cl-]. The lowest BCUT2D eigenvalue weighted by molar-refractivity contribution is -0.907. The minimum Gasteiger partial charge on any atom is -1.00 e. The number of halogens is 2. The Hall–Kier alpha value is -1.37. The number of benzene rings is 1. The summed E-state index contributed by atoms with van der Waals surface area (Å²) in [6, 6.07) is 5.56. The highest BCUT2D eigenvalue weighted by atomic mass is 35.5. The van der Waals surface area contributed by atoms with E-state index in [-0.39, 0.29) is 30.9 Å². The first-order chi connectivity index (χ1) is 10.5. The summed E-state index contributed by atoms with van der Waals surface area (Å²) < 4.78 is 23.4. The van der Waals surface area contributed by atoms with E-state index in [1.807, 2.05) is 6.92 Å². The summed E-state index contributed by atoms with van der Waals surface area (Å²) in [5.74, 6) is -0.278. The molecule has 1 aliphatic heterocycles. The van der Waals surface area contributed by atoms with Crippen molar-refractivity contribution >= 4 is 5.97 Å². The Labute approximate surface area is 142 Å². The van der Waals surface area contributed by atoms with Gasteiger partial charge in [-0.15, -0.1) is 0 Å². The molecule has 23 heavy (non-hydrogen) atoms. The van der Waals surface area contributed by atoms with Crippen molar-refractivity contribution in [2.75, 3.05) is 46.4 Å². The average molecular weight is 347 g/mol. The molecule has 1 heterocycles. The highest BCUT2D eigenvalue weighted by Crippen LogP contribution is 2.10. The van der Waals surface area contributed by atoms with Crippen molar-refractivity contribution in [3.05, 3.63) is 30.1 Å². The fraction of sp³-hybridized carbons (Fsp3) is 0.562. The number of quaternary nitrogens is 1. The third kappa shape index (κ3) is 7.16. The van der Waals surface area contributed by atoms with Crippen LogP contribution in [0.1, 0.15) is 6.92 Å². The number of hydrogen-bond donors (Lipinski definition) is 1. The molecule has 1 aromatic rings. The Kier molecular flexibility index (Phi) is 8.30. The molecule has 2 rings (SSSR count). The van der Waals surface area contributed by atoms with Gasteiger partial charge in [0.2, 0.25) is 0 Å². The number of hydrogen-bond acceptors (Lipinski definition) is 4. The molecule has 1 unspecified atom stereocenters. The molecule has 0 bridgehead atoms. The fourth-order valence-corrected chi connectivity index (χ4v) is 2.52. The smallest absolute Gasteiger partial charge is 0.344 e. The molecule has 1 aliphatic rings. The Bertz CT molecular complexity index is 479. The molecule has 130 valence electrons. The van der Waals surface area contributed by atoms with Gasteiger partial charge in [0, 0.05) is 13.1 Å². The summed E-state index contributed by atoms with van der Waals surface area (Å²) in [7, 11) is 2.12. The summed E-state index contributed by atoms with van der Waals surface area (Å²) in [5, 5.41) is 0. The molecule has 1 aromatic carbocycles. The molecule has 1 N–H and O–H groups in total. The molecule has 1 saturated heterocycles. The standard InChI is InChI=1S/C16H23FN2O3.ClH/c1-13(11-19-9-7-18(2)8-10-19)22-16(20)12-21-15-5-3-14(17)4-6-15;/h3-6,13H,7-12H2,1-2H3;1H. The highest BCUT2D eigenvalue weighted by molar-refractivity contribution is 5.71. The molecule has 7 heteroatoms. The first-order valence-corrected chi connectivity index (χ1v) is 7.63. The fourth-order valence-electron chi connectivity index (χ4n) is 2.52. The summed E-state index contributed by atoms with van der Waals surface area (Å²) in [4.78, 5) is 15.5. The van der Waals surface area contributed by atoms with Crippen LogP contribution in [-0.4, -0.2) is 63.4 Å². The average Bonchev–Trinajstić information content (AvgIpc) is 2.49. The van der Waals surface area contributed by atoms with Gasteiger partial charge in [-0.1, -0.05) is 0 Å². The van der Waals surface area contributed by atoms with Gasteiger partial charge in [0.1, 0.15) is 24.2 Å². The van der Waals surface area contributed by atoms with E-state index in [9.17, 15) is 9.18 Å². The molecule has 0 aromatic heterocycles. The number of rotatable bonds is 6. The number of likely N-dealkylation sites (N-methyl/N-ethyl adjacent to an activating group) is 1. The highest BCUT2D eigenvalue weighted by Gasteiger charge is 2.21. The molecule has 1 fully saturated rings.